The lowest BCUT2D eigenvalue weighted by molar-refractivity contribution is 0.177. The molecule has 1 heterocycles. The van der Waals surface area contributed by atoms with Crippen molar-refractivity contribution in [1.29, 1.82) is 0 Å². The molecule has 0 aromatic rings. The fraction of sp³-hybridized carbons (Fsp3) is 0.909. The van der Waals surface area contributed by atoms with Crippen LogP contribution in [0.3, 0.4) is 0 Å². The second-order valence-corrected chi connectivity index (χ2v) is 4.66. The summed E-state index contributed by atoms with van der Waals surface area (Å²) in [6.45, 7) is 3.67. The van der Waals surface area contributed by atoms with Gasteiger partial charge in [0.2, 0.25) is 0 Å². The van der Waals surface area contributed by atoms with Crippen molar-refractivity contribution in [2.75, 3.05) is 13.2 Å². The van der Waals surface area contributed by atoms with E-state index in [1.54, 1.807) is 0 Å². The Morgan fingerprint density at radius 1 is 1.40 bits per heavy atom. The van der Waals surface area contributed by atoms with Gasteiger partial charge in [0.05, 0.1) is 6.61 Å². The van der Waals surface area contributed by atoms with Crippen LogP contribution < -0.4 is 10.6 Å². The number of carbonyl (C=O) groups excluding carboxylic acids is 1. The number of rotatable bonds is 3. The normalized spacial score (nSPS) is 28.2. The highest BCUT2D eigenvalue weighted by Gasteiger charge is 2.25. The average Bonchev–Trinajstić information content (AvgIpc) is 2.64. The molecule has 2 rings (SSSR count). The number of urea groups is 1. The lowest BCUT2D eigenvalue weighted by Crippen LogP contribution is -2.49. The highest BCUT2D eigenvalue weighted by Crippen LogP contribution is 2.18. The van der Waals surface area contributed by atoms with Gasteiger partial charge in [-0.1, -0.05) is 0 Å². The first-order valence-corrected chi connectivity index (χ1v) is 5.90. The zero-order chi connectivity index (χ0) is 10.7. The van der Waals surface area contributed by atoms with E-state index in [0.717, 1.165) is 32.5 Å². The molecule has 4 nitrogen and oxygen atoms in total. The van der Waals surface area contributed by atoms with E-state index < -0.39 is 0 Å². The molecule has 1 saturated heterocycles. The van der Waals surface area contributed by atoms with E-state index in [1.807, 2.05) is 0 Å². The van der Waals surface area contributed by atoms with Gasteiger partial charge in [-0.05, 0) is 32.6 Å². The van der Waals surface area contributed by atoms with Gasteiger partial charge in [-0.2, -0.15) is 0 Å². The lowest BCUT2D eigenvalue weighted by atomic mass is 9.93. The molecular formula is C11H20N2O2. The first-order valence-electron chi connectivity index (χ1n) is 5.90. The SMILES string of the molecule is CC(NC(=O)NC1CCC1)C1CCOC1. The Kier molecular flexibility index (Phi) is 3.46. The number of hydrogen-bond acceptors (Lipinski definition) is 2. The average molecular weight is 212 g/mol. The van der Waals surface area contributed by atoms with Crippen LogP contribution in [0.4, 0.5) is 4.79 Å². The number of nitrogens with one attached hydrogen (secondary N) is 2. The molecule has 2 N–H and O–H groups in total. The van der Waals surface area contributed by atoms with E-state index in [9.17, 15) is 4.79 Å². The van der Waals surface area contributed by atoms with Gasteiger partial charge in [-0.3, -0.25) is 0 Å². The molecule has 1 aliphatic heterocycles. The van der Waals surface area contributed by atoms with Crippen LogP contribution in [0.2, 0.25) is 0 Å². The molecule has 1 saturated carbocycles. The first kappa shape index (κ1) is 10.7. The Hall–Kier alpha value is -0.770. The van der Waals surface area contributed by atoms with Gasteiger partial charge in [0.15, 0.2) is 0 Å². The summed E-state index contributed by atoms with van der Waals surface area (Å²) in [5.74, 6) is 0.483. The molecule has 2 amide bonds. The minimum Gasteiger partial charge on any atom is -0.381 e. The molecule has 2 fully saturated rings. The van der Waals surface area contributed by atoms with E-state index in [4.69, 9.17) is 4.74 Å². The molecular weight excluding hydrogens is 192 g/mol. The number of ether oxygens (including phenoxy) is 1. The topological polar surface area (TPSA) is 50.4 Å². The van der Waals surface area contributed by atoms with Crippen LogP contribution in [0, 0.1) is 5.92 Å². The summed E-state index contributed by atoms with van der Waals surface area (Å²) < 4.78 is 5.30. The van der Waals surface area contributed by atoms with E-state index >= 15 is 0 Å². The van der Waals surface area contributed by atoms with Crippen LogP contribution in [0.15, 0.2) is 0 Å². The highest BCUT2D eigenvalue weighted by atomic mass is 16.5. The fourth-order valence-electron chi connectivity index (χ4n) is 2.05. The largest absolute Gasteiger partial charge is 0.381 e. The Balaban J connectivity index is 1.67. The van der Waals surface area contributed by atoms with Gasteiger partial charge in [-0.15, -0.1) is 0 Å². The second kappa shape index (κ2) is 4.84. The predicted octanol–water partition coefficient (Wildman–Crippen LogP) is 1.26. The quantitative estimate of drug-likeness (QED) is 0.740. The third-order valence-electron chi connectivity index (χ3n) is 3.47. The lowest BCUT2D eigenvalue weighted by Gasteiger charge is -2.28. The maximum absolute atomic E-state index is 11.6. The molecule has 0 aromatic heterocycles. The minimum absolute atomic E-state index is 0.0147. The van der Waals surface area contributed by atoms with Gasteiger partial charge in [0, 0.05) is 24.6 Å². The van der Waals surface area contributed by atoms with Crippen LogP contribution in [0.1, 0.15) is 32.6 Å². The Morgan fingerprint density at radius 3 is 2.73 bits per heavy atom. The zero-order valence-corrected chi connectivity index (χ0v) is 9.29. The van der Waals surface area contributed by atoms with E-state index in [2.05, 4.69) is 17.6 Å². The first-order chi connectivity index (χ1) is 7.25. The van der Waals surface area contributed by atoms with Crippen molar-refractivity contribution in [3.05, 3.63) is 0 Å². The molecule has 4 heteroatoms. The summed E-state index contributed by atoms with van der Waals surface area (Å²) in [5.41, 5.74) is 0. The molecule has 1 aliphatic carbocycles. The predicted molar refractivity (Wildman–Crippen MR) is 57.7 cm³/mol. The van der Waals surface area contributed by atoms with Crippen LogP contribution in [-0.2, 0) is 4.74 Å². The summed E-state index contributed by atoms with van der Waals surface area (Å²) in [5, 5.41) is 5.97. The Morgan fingerprint density at radius 2 is 2.20 bits per heavy atom. The molecule has 0 aromatic carbocycles. The maximum atomic E-state index is 11.6. The van der Waals surface area contributed by atoms with E-state index in [-0.39, 0.29) is 12.1 Å². The molecule has 15 heavy (non-hydrogen) atoms. The van der Waals surface area contributed by atoms with Crippen molar-refractivity contribution >= 4 is 6.03 Å². The molecule has 2 unspecified atom stereocenters. The molecule has 0 bridgehead atoms. The number of hydrogen-bond donors (Lipinski definition) is 2. The third kappa shape index (κ3) is 2.84. The van der Waals surface area contributed by atoms with Crippen LogP contribution >= 0.6 is 0 Å². The second-order valence-electron chi connectivity index (χ2n) is 4.66. The summed E-state index contributed by atoms with van der Waals surface area (Å²) >= 11 is 0. The van der Waals surface area contributed by atoms with Crippen LogP contribution in [-0.4, -0.2) is 31.3 Å². The van der Waals surface area contributed by atoms with E-state index in [0.29, 0.717) is 12.0 Å². The van der Waals surface area contributed by atoms with Crippen molar-refractivity contribution in [2.45, 2.75) is 44.7 Å². The molecule has 2 atom stereocenters. The summed E-state index contributed by atoms with van der Waals surface area (Å²) in [6, 6.07) is 0.615. The zero-order valence-electron chi connectivity index (χ0n) is 9.29. The van der Waals surface area contributed by atoms with Gasteiger partial charge in [-0.25, -0.2) is 4.79 Å². The minimum atomic E-state index is -0.0147. The van der Waals surface area contributed by atoms with Crippen molar-refractivity contribution in [2.24, 2.45) is 5.92 Å². The smallest absolute Gasteiger partial charge is 0.315 e. The summed E-state index contributed by atoms with van der Waals surface area (Å²) in [6.07, 6.45) is 4.57. The van der Waals surface area contributed by atoms with Gasteiger partial charge < -0.3 is 15.4 Å². The highest BCUT2D eigenvalue weighted by molar-refractivity contribution is 5.74. The van der Waals surface area contributed by atoms with Gasteiger partial charge >= 0.3 is 6.03 Å². The fourth-order valence-corrected chi connectivity index (χ4v) is 2.05. The maximum Gasteiger partial charge on any atom is 0.315 e. The summed E-state index contributed by atoms with van der Waals surface area (Å²) in [7, 11) is 0. The Labute approximate surface area is 90.8 Å². The molecule has 0 spiro atoms. The van der Waals surface area contributed by atoms with Crippen molar-refractivity contribution in [1.82, 2.24) is 10.6 Å². The molecule has 2 aliphatic rings. The molecule has 86 valence electrons. The van der Waals surface area contributed by atoms with E-state index in [1.165, 1.54) is 6.42 Å². The van der Waals surface area contributed by atoms with Gasteiger partial charge in [0.1, 0.15) is 0 Å². The van der Waals surface area contributed by atoms with Crippen molar-refractivity contribution < 1.29 is 9.53 Å². The molecule has 0 radical (unpaired) electrons. The standard InChI is InChI=1S/C11H20N2O2/c1-8(9-5-6-15-7-9)12-11(14)13-10-3-2-4-10/h8-10H,2-7H2,1H3,(H2,12,13,14). The third-order valence-corrected chi connectivity index (χ3v) is 3.47. The monoisotopic (exact) mass is 212 g/mol. The van der Waals surface area contributed by atoms with Crippen LogP contribution in [0.25, 0.3) is 0 Å². The van der Waals surface area contributed by atoms with Crippen LogP contribution in [0.5, 0.6) is 0 Å². The number of carbonyl (C=O) groups is 1. The van der Waals surface area contributed by atoms with Crippen molar-refractivity contribution in [3.8, 4) is 0 Å². The van der Waals surface area contributed by atoms with Gasteiger partial charge in [0.25, 0.3) is 0 Å². The summed E-state index contributed by atoms with van der Waals surface area (Å²) in [4.78, 5) is 11.6. The van der Waals surface area contributed by atoms with Crippen molar-refractivity contribution in [3.63, 3.8) is 0 Å². The number of amides is 2. The Bertz CT molecular complexity index is 223.